The van der Waals surface area contributed by atoms with Crippen molar-refractivity contribution in [2.24, 2.45) is 0 Å². The van der Waals surface area contributed by atoms with Crippen molar-refractivity contribution in [3.63, 3.8) is 0 Å². The average molecular weight is 185 g/mol. The summed E-state index contributed by atoms with van der Waals surface area (Å²) in [5, 5.41) is 11.5. The summed E-state index contributed by atoms with van der Waals surface area (Å²) >= 11 is 0. The quantitative estimate of drug-likeness (QED) is 0.632. The normalized spacial score (nSPS) is 10.9. The molecule has 0 saturated carbocycles. The van der Waals surface area contributed by atoms with Crippen molar-refractivity contribution in [2.75, 3.05) is 0 Å². The second-order valence-corrected chi connectivity index (χ2v) is 3.05. The van der Waals surface area contributed by atoms with E-state index >= 15 is 0 Å². The van der Waals surface area contributed by atoms with Gasteiger partial charge in [0, 0.05) is 17.1 Å². The topological polar surface area (TPSA) is 54.7 Å². The standard InChI is InChI=1S/C10H7N3O/c1-2-8-6-12-14-10(8)5-7(1)9-3-4-11-13-9/h1-6H,(H,11,13). The van der Waals surface area contributed by atoms with Crippen LogP contribution in [0.5, 0.6) is 0 Å². The summed E-state index contributed by atoms with van der Waals surface area (Å²) in [6.45, 7) is 0. The van der Waals surface area contributed by atoms with Gasteiger partial charge < -0.3 is 4.52 Å². The zero-order valence-electron chi connectivity index (χ0n) is 7.27. The van der Waals surface area contributed by atoms with E-state index in [0.717, 1.165) is 22.2 Å². The van der Waals surface area contributed by atoms with Gasteiger partial charge >= 0.3 is 0 Å². The van der Waals surface area contributed by atoms with Crippen molar-refractivity contribution in [1.82, 2.24) is 15.4 Å². The Morgan fingerprint density at radius 1 is 1.21 bits per heavy atom. The van der Waals surface area contributed by atoms with Crippen LogP contribution in [0.1, 0.15) is 0 Å². The second-order valence-electron chi connectivity index (χ2n) is 3.05. The number of nitrogens with zero attached hydrogens (tertiary/aromatic N) is 2. The van der Waals surface area contributed by atoms with Crippen LogP contribution in [0.15, 0.2) is 41.2 Å². The van der Waals surface area contributed by atoms with Crippen molar-refractivity contribution in [3.05, 3.63) is 36.7 Å². The molecule has 0 aliphatic heterocycles. The van der Waals surface area contributed by atoms with Gasteiger partial charge in [0.25, 0.3) is 0 Å². The molecule has 1 N–H and O–H groups in total. The van der Waals surface area contributed by atoms with Crippen LogP contribution in [0.25, 0.3) is 22.2 Å². The van der Waals surface area contributed by atoms with Gasteiger partial charge in [0.2, 0.25) is 0 Å². The molecule has 0 bridgehead atoms. The SMILES string of the molecule is c1cc(-c2ccc3cnoc3c2)[nH]n1. The number of benzene rings is 1. The van der Waals surface area contributed by atoms with Gasteiger partial charge in [0.05, 0.1) is 11.9 Å². The van der Waals surface area contributed by atoms with E-state index in [4.69, 9.17) is 4.52 Å². The van der Waals surface area contributed by atoms with Crippen molar-refractivity contribution in [2.45, 2.75) is 0 Å². The van der Waals surface area contributed by atoms with Gasteiger partial charge in [-0.25, -0.2) is 0 Å². The summed E-state index contributed by atoms with van der Waals surface area (Å²) in [7, 11) is 0. The van der Waals surface area contributed by atoms with E-state index in [9.17, 15) is 0 Å². The fourth-order valence-corrected chi connectivity index (χ4v) is 1.44. The summed E-state index contributed by atoms with van der Waals surface area (Å²) in [4.78, 5) is 0. The maximum atomic E-state index is 5.07. The molecule has 2 heterocycles. The maximum absolute atomic E-state index is 5.07. The number of H-pyrrole nitrogens is 1. The number of aromatic nitrogens is 3. The minimum Gasteiger partial charge on any atom is -0.356 e. The number of aromatic amines is 1. The van der Waals surface area contributed by atoms with E-state index in [0.29, 0.717) is 0 Å². The summed E-state index contributed by atoms with van der Waals surface area (Å²) in [5.74, 6) is 0. The molecule has 3 rings (SSSR count). The molecule has 0 fully saturated rings. The Balaban J connectivity index is 2.23. The molecule has 0 spiro atoms. The zero-order chi connectivity index (χ0) is 9.38. The van der Waals surface area contributed by atoms with E-state index < -0.39 is 0 Å². The summed E-state index contributed by atoms with van der Waals surface area (Å²) in [6, 6.07) is 7.84. The van der Waals surface area contributed by atoms with Crippen molar-refractivity contribution < 1.29 is 4.52 Å². The Hall–Kier alpha value is -2.10. The highest BCUT2D eigenvalue weighted by Crippen LogP contribution is 2.22. The van der Waals surface area contributed by atoms with Gasteiger partial charge in [0.15, 0.2) is 5.58 Å². The number of hydrogen-bond donors (Lipinski definition) is 1. The third-order valence-corrected chi connectivity index (χ3v) is 2.17. The van der Waals surface area contributed by atoms with Crippen LogP contribution in [0.4, 0.5) is 0 Å². The molecular formula is C10H7N3O. The molecule has 0 radical (unpaired) electrons. The third-order valence-electron chi connectivity index (χ3n) is 2.17. The molecule has 1 aromatic carbocycles. The van der Waals surface area contributed by atoms with Crippen LogP contribution in [-0.2, 0) is 0 Å². The molecular weight excluding hydrogens is 178 g/mol. The number of hydrogen-bond acceptors (Lipinski definition) is 3. The largest absolute Gasteiger partial charge is 0.356 e. The van der Waals surface area contributed by atoms with Crippen molar-refractivity contribution >= 4 is 11.0 Å². The molecule has 68 valence electrons. The van der Waals surface area contributed by atoms with Crippen LogP contribution in [-0.4, -0.2) is 15.4 Å². The van der Waals surface area contributed by atoms with E-state index in [1.165, 1.54) is 0 Å². The first-order valence-corrected chi connectivity index (χ1v) is 4.28. The third kappa shape index (κ3) is 1.01. The van der Waals surface area contributed by atoms with Crippen LogP contribution in [0, 0.1) is 0 Å². The minimum atomic E-state index is 0.789. The first-order chi connectivity index (χ1) is 6.93. The summed E-state index contributed by atoms with van der Waals surface area (Å²) < 4.78 is 5.07. The minimum absolute atomic E-state index is 0.789. The molecule has 0 unspecified atom stereocenters. The van der Waals surface area contributed by atoms with Crippen LogP contribution >= 0.6 is 0 Å². The predicted octanol–water partition coefficient (Wildman–Crippen LogP) is 2.22. The summed E-state index contributed by atoms with van der Waals surface area (Å²) in [5.41, 5.74) is 2.81. The molecule has 0 aliphatic rings. The van der Waals surface area contributed by atoms with E-state index in [2.05, 4.69) is 15.4 Å². The number of rotatable bonds is 1. The molecule has 0 saturated heterocycles. The van der Waals surface area contributed by atoms with E-state index in [1.807, 2.05) is 24.3 Å². The van der Waals surface area contributed by atoms with Gasteiger partial charge in [-0.2, -0.15) is 5.10 Å². The van der Waals surface area contributed by atoms with Crippen LogP contribution in [0.2, 0.25) is 0 Å². The first-order valence-electron chi connectivity index (χ1n) is 4.28. The van der Waals surface area contributed by atoms with Crippen LogP contribution in [0.3, 0.4) is 0 Å². The molecule has 0 atom stereocenters. The Morgan fingerprint density at radius 3 is 3.07 bits per heavy atom. The lowest BCUT2D eigenvalue weighted by Gasteiger charge is -1.95. The molecule has 4 heteroatoms. The van der Waals surface area contributed by atoms with Crippen molar-refractivity contribution in [1.29, 1.82) is 0 Å². The molecule has 2 aromatic heterocycles. The number of nitrogens with one attached hydrogen (secondary N) is 1. The maximum Gasteiger partial charge on any atom is 0.167 e. The number of fused-ring (bicyclic) bond motifs is 1. The molecule has 0 aliphatic carbocycles. The monoisotopic (exact) mass is 185 g/mol. The molecule has 3 aromatic rings. The lowest BCUT2D eigenvalue weighted by molar-refractivity contribution is 0.456. The Kier molecular flexibility index (Phi) is 1.41. The Bertz CT molecular complexity index is 554. The molecule has 14 heavy (non-hydrogen) atoms. The lowest BCUT2D eigenvalue weighted by atomic mass is 10.1. The predicted molar refractivity (Wildman–Crippen MR) is 51.6 cm³/mol. The first kappa shape index (κ1) is 7.32. The van der Waals surface area contributed by atoms with Crippen molar-refractivity contribution in [3.8, 4) is 11.3 Å². The Labute approximate surface area is 79.5 Å². The fraction of sp³-hybridized carbons (Fsp3) is 0. The summed E-state index contributed by atoms with van der Waals surface area (Å²) in [6.07, 6.45) is 3.42. The highest BCUT2D eigenvalue weighted by atomic mass is 16.5. The highest BCUT2D eigenvalue weighted by molar-refractivity contribution is 5.81. The smallest absolute Gasteiger partial charge is 0.167 e. The second kappa shape index (κ2) is 2.70. The molecule has 4 nitrogen and oxygen atoms in total. The Morgan fingerprint density at radius 2 is 2.21 bits per heavy atom. The van der Waals surface area contributed by atoms with Gasteiger partial charge in [-0.1, -0.05) is 11.2 Å². The fourth-order valence-electron chi connectivity index (χ4n) is 1.44. The lowest BCUT2D eigenvalue weighted by Crippen LogP contribution is -1.76. The van der Waals surface area contributed by atoms with E-state index in [1.54, 1.807) is 12.4 Å². The van der Waals surface area contributed by atoms with Crippen LogP contribution < -0.4 is 0 Å². The zero-order valence-corrected chi connectivity index (χ0v) is 7.27. The molecule has 0 amide bonds. The van der Waals surface area contributed by atoms with Gasteiger partial charge in [0.1, 0.15) is 0 Å². The van der Waals surface area contributed by atoms with Gasteiger partial charge in [-0.15, -0.1) is 0 Å². The average Bonchev–Trinajstić information content (AvgIpc) is 2.88. The highest BCUT2D eigenvalue weighted by Gasteiger charge is 2.02. The van der Waals surface area contributed by atoms with Gasteiger partial charge in [-0.05, 0) is 18.2 Å². The van der Waals surface area contributed by atoms with E-state index in [-0.39, 0.29) is 0 Å². The van der Waals surface area contributed by atoms with Gasteiger partial charge in [-0.3, -0.25) is 5.10 Å².